The molecule has 10 heteroatoms. The average Bonchev–Trinajstić information content (AvgIpc) is 3.12. The molecule has 2 rings (SSSR count). The summed E-state index contributed by atoms with van der Waals surface area (Å²) in [5, 5.41) is 0. The highest BCUT2D eigenvalue weighted by atomic mass is 32.2. The zero-order chi connectivity index (χ0) is 20.6. The Morgan fingerprint density at radius 3 is 2.22 bits per heavy atom. The Balaban J connectivity index is 2.34. The Kier molecular flexibility index (Phi) is 6.01. The van der Waals surface area contributed by atoms with Crippen molar-refractivity contribution in [2.75, 3.05) is 26.2 Å². The first-order chi connectivity index (χ1) is 12.2. The van der Waals surface area contributed by atoms with Gasteiger partial charge >= 0.3 is 6.18 Å². The van der Waals surface area contributed by atoms with Crippen LogP contribution in [-0.2, 0) is 10.0 Å². The minimum atomic E-state index is -4.58. The number of halogens is 3. The number of rotatable bonds is 5. The van der Waals surface area contributed by atoms with Crippen LogP contribution in [0.15, 0.2) is 15.4 Å². The zero-order valence-corrected chi connectivity index (χ0v) is 16.7. The molecule has 1 aromatic heterocycles. The molecule has 0 bridgehead atoms. The molecule has 6 nitrogen and oxygen atoms in total. The van der Waals surface area contributed by atoms with E-state index in [-0.39, 0.29) is 17.2 Å². The second-order valence-corrected chi connectivity index (χ2v) is 9.89. The van der Waals surface area contributed by atoms with E-state index in [9.17, 15) is 26.4 Å². The molecule has 1 aromatic rings. The molecule has 1 aliphatic rings. The number of alkyl halides is 3. The summed E-state index contributed by atoms with van der Waals surface area (Å²) in [6.45, 7) is 5.68. The fourth-order valence-corrected chi connectivity index (χ4v) is 4.72. The highest BCUT2D eigenvalue weighted by molar-refractivity contribution is 7.89. The van der Waals surface area contributed by atoms with Crippen molar-refractivity contribution >= 4 is 15.9 Å². The molecule has 0 aromatic carbocycles. The number of nitrogens with zero attached hydrogens (tertiary/aromatic N) is 2. The van der Waals surface area contributed by atoms with Gasteiger partial charge in [0.05, 0.1) is 0 Å². The molecule has 0 saturated carbocycles. The molecular formula is C17H25F3N2O4S. The predicted molar refractivity (Wildman–Crippen MR) is 92.9 cm³/mol. The molecule has 1 amide bonds. The lowest BCUT2D eigenvalue weighted by atomic mass is 9.96. The van der Waals surface area contributed by atoms with E-state index >= 15 is 0 Å². The largest absolute Gasteiger partial charge is 0.455 e. The predicted octanol–water partition coefficient (Wildman–Crippen LogP) is 3.42. The number of furan rings is 1. The van der Waals surface area contributed by atoms with Crippen molar-refractivity contribution in [2.45, 2.75) is 51.6 Å². The number of carbonyl (C=O) groups excluding carboxylic acids is 1. The third-order valence-electron chi connectivity index (χ3n) is 4.09. The van der Waals surface area contributed by atoms with E-state index in [4.69, 9.17) is 4.42 Å². The summed E-state index contributed by atoms with van der Waals surface area (Å²) in [7, 11) is -3.83. The first kappa shape index (κ1) is 21.7. The molecule has 0 aliphatic carbocycles. The molecule has 0 N–H and O–H groups in total. The number of hydrogen-bond donors (Lipinski definition) is 0. The smallest absolute Gasteiger partial charge is 0.406 e. The van der Waals surface area contributed by atoms with Gasteiger partial charge in [0.2, 0.25) is 10.0 Å². The van der Waals surface area contributed by atoms with Gasteiger partial charge in [0.25, 0.3) is 5.91 Å². The quantitative estimate of drug-likeness (QED) is 0.746. The first-order valence-corrected chi connectivity index (χ1v) is 10.1. The van der Waals surface area contributed by atoms with Gasteiger partial charge < -0.3 is 9.32 Å². The van der Waals surface area contributed by atoms with E-state index in [1.54, 1.807) is 20.8 Å². The van der Waals surface area contributed by atoms with Crippen LogP contribution >= 0.6 is 0 Å². The van der Waals surface area contributed by atoms with E-state index in [2.05, 4.69) is 0 Å². The summed E-state index contributed by atoms with van der Waals surface area (Å²) in [5.74, 6) is -1.39. The minimum Gasteiger partial charge on any atom is -0.455 e. The van der Waals surface area contributed by atoms with Crippen LogP contribution in [0.4, 0.5) is 13.2 Å². The third kappa shape index (κ3) is 5.47. The van der Waals surface area contributed by atoms with E-state index in [0.717, 1.165) is 18.9 Å². The summed E-state index contributed by atoms with van der Waals surface area (Å²) in [6, 6.07) is 1.04. The van der Waals surface area contributed by atoms with Gasteiger partial charge in [-0.15, -0.1) is 0 Å². The van der Waals surface area contributed by atoms with E-state index < -0.39 is 39.8 Å². The lowest BCUT2D eigenvalue weighted by Crippen LogP contribution is -2.43. The lowest BCUT2D eigenvalue weighted by molar-refractivity contribution is -0.142. The molecule has 0 radical (unpaired) electrons. The van der Waals surface area contributed by atoms with Gasteiger partial charge in [0.1, 0.15) is 17.2 Å². The summed E-state index contributed by atoms with van der Waals surface area (Å²) >= 11 is 0. The highest BCUT2D eigenvalue weighted by Crippen LogP contribution is 2.28. The van der Waals surface area contributed by atoms with Crippen LogP contribution < -0.4 is 0 Å². The number of aryl methyl sites for hydroxylation is 1. The highest BCUT2D eigenvalue weighted by Gasteiger charge is 2.37. The Morgan fingerprint density at radius 1 is 1.19 bits per heavy atom. The van der Waals surface area contributed by atoms with Crippen LogP contribution in [0.3, 0.4) is 0 Å². The number of amides is 1. The minimum absolute atomic E-state index is 0.00651. The van der Waals surface area contributed by atoms with Gasteiger partial charge in [0, 0.05) is 25.7 Å². The monoisotopic (exact) mass is 410 g/mol. The van der Waals surface area contributed by atoms with E-state index in [0.29, 0.717) is 18.0 Å². The van der Waals surface area contributed by atoms with Crippen LogP contribution in [0.1, 0.15) is 49.9 Å². The second kappa shape index (κ2) is 7.46. The maximum absolute atomic E-state index is 12.9. The average molecular weight is 410 g/mol. The number of sulfonamides is 1. The molecular weight excluding hydrogens is 385 g/mol. The maximum Gasteiger partial charge on any atom is 0.406 e. The van der Waals surface area contributed by atoms with Gasteiger partial charge in [-0.25, -0.2) is 8.42 Å². The van der Waals surface area contributed by atoms with Crippen molar-refractivity contribution in [2.24, 2.45) is 5.41 Å². The topological polar surface area (TPSA) is 70.8 Å². The Hall–Kier alpha value is -1.55. The van der Waals surface area contributed by atoms with Crippen molar-refractivity contribution in [3.8, 4) is 0 Å². The van der Waals surface area contributed by atoms with Gasteiger partial charge in [0.15, 0.2) is 5.76 Å². The molecule has 0 unspecified atom stereocenters. The molecule has 1 saturated heterocycles. The summed E-state index contributed by atoms with van der Waals surface area (Å²) in [5.41, 5.74) is -0.576. The standard InChI is InChI=1S/C17H25F3N2O4S/c1-12-14(27(24,25)22-7-5-6-8-22)9-13(26-12)15(23)21(10-16(2,3)4)11-17(18,19)20/h9H,5-8,10-11H2,1-4H3. The fourth-order valence-electron chi connectivity index (χ4n) is 3.04. The van der Waals surface area contributed by atoms with Crippen molar-refractivity contribution in [1.29, 1.82) is 0 Å². The van der Waals surface area contributed by atoms with Crippen LogP contribution in [0, 0.1) is 12.3 Å². The van der Waals surface area contributed by atoms with E-state index in [1.807, 2.05) is 0 Å². The van der Waals surface area contributed by atoms with Crippen molar-refractivity contribution in [3.05, 3.63) is 17.6 Å². The molecule has 1 fully saturated rings. The Labute approximate surface area is 157 Å². The molecule has 2 heterocycles. The third-order valence-corrected chi connectivity index (χ3v) is 6.09. The number of hydrogen-bond acceptors (Lipinski definition) is 4. The normalized spacial score (nSPS) is 16.7. The molecule has 27 heavy (non-hydrogen) atoms. The van der Waals surface area contributed by atoms with Gasteiger partial charge in [-0.2, -0.15) is 17.5 Å². The Morgan fingerprint density at radius 2 is 1.74 bits per heavy atom. The van der Waals surface area contributed by atoms with Crippen LogP contribution in [-0.4, -0.2) is 55.9 Å². The zero-order valence-electron chi connectivity index (χ0n) is 15.9. The van der Waals surface area contributed by atoms with Crippen LogP contribution in [0.2, 0.25) is 0 Å². The molecule has 1 aliphatic heterocycles. The SMILES string of the molecule is Cc1oc(C(=O)N(CC(C)(C)C)CC(F)(F)F)cc1S(=O)(=O)N1CCCC1. The molecule has 154 valence electrons. The van der Waals surface area contributed by atoms with Crippen LogP contribution in [0.25, 0.3) is 0 Å². The van der Waals surface area contributed by atoms with Crippen molar-refractivity contribution < 1.29 is 30.8 Å². The molecule has 0 atom stereocenters. The van der Waals surface area contributed by atoms with Gasteiger partial charge in [-0.05, 0) is 25.2 Å². The lowest BCUT2D eigenvalue weighted by Gasteiger charge is -2.30. The van der Waals surface area contributed by atoms with Crippen molar-refractivity contribution in [1.82, 2.24) is 9.21 Å². The van der Waals surface area contributed by atoms with Gasteiger partial charge in [-0.3, -0.25) is 4.79 Å². The Bertz CT molecular complexity index is 772. The summed E-state index contributed by atoms with van der Waals surface area (Å²) in [4.78, 5) is 13.1. The molecule has 0 spiro atoms. The fraction of sp³-hybridized carbons (Fsp3) is 0.706. The second-order valence-electron chi connectivity index (χ2n) is 7.98. The van der Waals surface area contributed by atoms with E-state index in [1.165, 1.54) is 11.2 Å². The maximum atomic E-state index is 12.9. The van der Waals surface area contributed by atoms with Gasteiger partial charge in [-0.1, -0.05) is 20.8 Å². The van der Waals surface area contributed by atoms with Crippen LogP contribution in [0.5, 0.6) is 0 Å². The first-order valence-electron chi connectivity index (χ1n) is 8.67. The summed E-state index contributed by atoms with van der Waals surface area (Å²) in [6.07, 6.45) is -3.09. The van der Waals surface area contributed by atoms with Crippen molar-refractivity contribution in [3.63, 3.8) is 0 Å². The summed E-state index contributed by atoms with van der Waals surface area (Å²) < 4.78 is 70.6. The number of carbonyl (C=O) groups is 1.